The molecule has 4 aromatic carbocycles. The van der Waals surface area contributed by atoms with Crippen molar-refractivity contribution in [2.75, 3.05) is 0 Å². The molecular weight excluding hydrogens is 406 g/mol. The predicted octanol–water partition coefficient (Wildman–Crippen LogP) is 6.42. The van der Waals surface area contributed by atoms with E-state index in [0.717, 1.165) is 33.3 Å². The number of aromatic nitrogens is 2. The molecule has 0 spiro atoms. The third-order valence-corrected chi connectivity index (χ3v) is 5.91. The molecule has 5 rings (SSSR count). The van der Waals surface area contributed by atoms with Crippen LogP contribution in [0.1, 0.15) is 28.5 Å². The minimum atomic E-state index is -0.315. The lowest BCUT2D eigenvalue weighted by molar-refractivity contribution is 0.0622. The number of rotatable bonds is 6. The number of hydrogen-bond donors (Lipinski definition) is 0. The van der Waals surface area contributed by atoms with Gasteiger partial charge in [-0.15, -0.1) is 0 Å². The van der Waals surface area contributed by atoms with E-state index in [1.807, 2.05) is 60.3 Å². The van der Waals surface area contributed by atoms with Crippen LogP contribution in [0.25, 0.3) is 21.9 Å². The van der Waals surface area contributed by atoms with E-state index in [9.17, 15) is 5.26 Å². The molecular formula is C29H23N3O. The number of nitriles is 1. The highest BCUT2D eigenvalue weighted by Gasteiger charge is 2.20. The SMILES string of the molecule is Cn1cncc1C(OCc1ccccc1)c1ccc(C#N)c(-c2ccc3ccccc3c2)c1. The fourth-order valence-corrected chi connectivity index (χ4v) is 4.14. The van der Waals surface area contributed by atoms with Crippen LogP contribution in [0.15, 0.2) is 104 Å². The Labute approximate surface area is 193 Å². The monoisotopic (exact) mass is 429 g/mol. The van der Waals surface area contributed by atoms with E-state index in [0.29, 0.717) is 12.2 Å². The first-order chi connectivity index (χ1) is 16.2. The zero-order chi connectivity index (χ0) is 22.6. The lowest BCUT2D eigenvalue weighted by Crippen LogP contribution is -2.11. The number of imidazole rings is 1. The van der Waals surface area contributed by atoms with E-state index in [4.69, 9.17) is 4.74 Å². The van der Waals surface area contributed by atoms with E-state index in [2.05, 4.69) is 59.6 Å². The van der Waals surface area contributed by atoms with Gasteiger partial charge in [0.25, 0.3) is 0 Å². The maximum absolute atomic E-state index is 9.81. The van der Waals surface area contributed by atoms with Gasteiger partial charge in [0.2, 0.25) is 0 Å². The summed E-state index contributed by atoms with van der Waals surface area (Å²) in [6.45, 7) is 0.474. The van der Waals surface area contributed by atoms with Gasteiger partial charge in [0.05, 0.1) is 36.5 Å². The van der Waals surface area contributed by atoms with Gasteiger partial charge in [0, 0.05) is 7.05 Å². The highest BCUT2D eigenvalue weighted by atomic mass is 16.5. The van der Waals surface area contributed by atoms with Gasteiger partial charge in [-0.1, -0.05) is 72.8 Å². The van der Waals surface area contributed by atoms with Crippen molar-refractivity contribution in [2.24, 2.45) is 7.05 Å². The molecule has 0 aliphatic rings. The van der Waals surface area contributed by atoms with Gasteiger partial charge in [0.1, 0.15) is 6.10 Å². The fourth-order valence-electron chi connectivity index (χ4n) is 4.14. The molecule has 33 heavy (non-hydrogen) atoms. The van der Waals surface area contributed by atoms with Gasteiger partial charge in [-0.3, -0.25) is 0 Å². The second kappa shape index (κ2) is 9.12. The highest BCUT2D eigenvalue weighted by Crippen LogP contribution is 2.33. The molecule has 0 N–H and O–H groups in total. The van der Waals surface area contributed by atoms with Crippen LogP contribution in [-0.4, -0.2) is 9.55 Å². The molecule has 0 fully saturated rings. The van der Waals surface area contributed by atoms with Crippen LogP contribution in [0.5, 0.6) is 0 Å². The van der Waals surface area contributed by atoms with Gasteiger partial charge in [-0.25, -0.2) is 4.98 Å². The molecule has 160 valence electrons. The van der Waals surface area contributed by atoms with Crippen LogP contribution < -0.4 is 0 Å². The number of benzene rings is 4. The molecule has 0 radical (unpaired) electrons. The molecule has 0 aliphatic carbocycles. The minimum Gasteiger partial charge on any atom is -0.363 e. The van der Waals surface area contributed by atoms with Crippen molar-refractivity contribution in [3.63, 3.8) is 0 Å². The molecule has 0 aliphatic heterocycles. The summed E-state index contributed by atoms with van der Waals surface area (Å²) in [5.74, 6) is 0. The Morgan fingerprint density at radius 1 is 0.909 bits per heavy atom. The predicted molar refractivity (Wildman–Crippen MR) is 130 cm³/mol. The van der Waals surface area contributed by atoms with Crippen LogP contribution in [0, 0.1) is 11.3 Å². The maximum Gasteiger partial charge on any atom is 0.124 e. The quantitative estimate of drug-likeness (QED) is 0.313. The van der Waals surface area contributed by atoms with Gasteiger partial charge in [0.15, 0.2) is 0 Å². The maximum atomic E-state index is 9.81. The Morgan fingerprint density at radius 3 is 2.45 bits per heavy atom. The summed E-state index contributed by atoms with van der Waals surface area (Å²) in [7, 11) is 1.97. The Balaban J connectivity index is 1.57. The average Bonchev–Trinajstić information content (AvgIpc) is 3.30. The summed E-state index contributed by atoms with van der Waals surface area (Å²) in [5, 5.41) is 12.1. The van der Waals surface area contributed by atoms with Crippen LogP contribution in [0.4, 0.5) is 0 Å². The van der Waals surface area contributed by atoms with Gasteiger partial charge < -0.3 is 9.30 Å². The molecule has 4 heteroatoms. The second-order valence-electron chi connectivity index (χ2n) is 8.08. The van der Waals surface area contributed by atoms with Crippen LogP contribution >= 0.6 is 0 Å². The Kier molecular flexibility index (Phi) is 5.72. The molecule has 0 saturated heterocycles. The third kappa shape index (κ3) is 4.27. The topological polar surface area (TPSA) is 50.8 Å². The van der Waals surface area contributed by atoms with E-state index in [1.54, 1.807) is 6.33 Å². The van der Waals surface area contributed by atoms with Crippen LogP contribution in [0.3, 0.4) is 0 Å². The highest BCUT2D eigenvalue weighted by molar-refractivity contribution is 5.88. The van der Waals surface area contributed by atoms with Crippen LogP contribution in [-0.2, 0) is 18.4 Å². The summed E-state index contributed by atoms with van der Waals surface area (Å²) >= 11 is 0. The van der Waals surface area contributed by atoms with Gasteiger partial charge >= 0.3 is 0 Å². The van der Waals surface area contributed by atoms with E-state index < -0.39 is 0 Å². The van der Waals surface area contributed by atoms with E-state index in [1.165, 1.54) is 5.39 Å². The normalized spacial score (nSPS) is 11.9. The molecule has 1 atom stereocenters. The first-order valence-electron chi connectivity index (χ1n) is 10.9. The van der Waals surface area contributed by atoms with E-state index >= 15 is 0 Å². The molecule has 4 nitrogen and oxygen atoms in total. The summed E-state index contributed by atoms with van der Waals surface area (Å²) in [6, 6.07) is 33.0. The van der Waals surface area contributed by atoms with Crippen molar-refractivity contribution in [3.8, 4) is 17.2 Å². The van der Waals surface area contributed by atoms with E-state index in [-0.39, 0.29) is 6.10 Å². The first-order valence-corrected chi connectivity index (χ1v) is 10.9. The Morgan fingerprint density at radius 2 is 1.70 bits per heavy atom. The summed E-state index contributed by atoms with van der Waals surface area (Å²) in [4.78, 5) is 4.30. The van der Waals surface area contributed by atoms with Crippen molar-refractivity contribution in [1.82, 2.24) is 9.55 Å². The lowest BCUT2D eigenvalue weighted by Gasteiger charge is -2.20. The first kappa shape index (κ1) is 20.7. The van der Waals surface area contributed by atoms with Crippen molar-refractivity contribution in [1.29, 1.82) is 5.26 Å². The Hall–Kier alpha value is -4.20. The second-order valence-corrected chi connectivity index (χ2v) is 8.08. The minimum absolute atomic E-state index is 0.315. The van der Waals surface area contributed by atoms with Crippen LogP contribution in [0.2, 0.25) is 0 Å². The van der Waals surface area contributed by atoms with Gasteiger partial charge in [-0.05, 0) is 51.2 Å². The lowest BCUT2D eigenvalue weighted by atomic mass is 9.93. The third-order valence-electron chi connectivity index (χ3n) is 5.91. The molecule has 5 aromatic rings. The molecule has 1 heterocycles. The summed E-state index contributed by atoms with van der Waals surface area (Å²) in [6.07, 6.45) is 3.30. The molecule has 1 unspecified atom stereocenters. The number of hydrogen-bond acceptors (Lipinski definition) is 3. The summed E-state index contributed by atoms with van der Waals surface area (Å²) in [5.41, 5.74) is 5.60. The molecule has 0 amide bonds. The van der Waals surface area contributed by atoms with Crippen molar-refractivity contribution in [3.05, 3.63) is 126 Å². The molecule has 0 bridgehead atoms. The largest absolute Gasteiger partial charge is 0.363 e. The number of fused-ring (bicyclic) bond motifs is 1. The number of ether oxygens (including phenoxy) is 1. The average molecular weight is 430 g/mol. The molecule has 0 saturated carbocycles. The standard InChI is InChI=1S/C29H23N3O/c1-32-20-31-18-28(32)29(33-19-21-7-3-2-4-8-21)25-13-14-26(17-30)27(16-25)24-12-11-22-9-5-6-10-23(22)15-24/h2-16,18,20,29H,19H2,1H3. The summed E-state index contributed by atoms with van der Waals surface area (Å²) < 4.78 is 8.41. The van der Waals surface area contributed by atoms with Crippen molar-refractivity contribution >= 4 is 10.8 Å². The van der Waals surface area contributed by atoms with Crippen molar-refractivity contribution < 1.29 is 4.74 Å². The zero-order valence-corrected chi connectivity index (χ0v) is 18.3. The smallest absolute Gasteiger partial charge is 0.124 e. The number of aryl methyl sites for hydroxylation is 1. The molecule has 1 aromatic heterocycles. The fraction of sp³-hybridized carbons (Fsp3) is 0.103. The Bertz CT molecular complexity index is 1450. The number of nitrogens with zero attached hydrogens (tertiary/aromatic N) is 3. The van der Waals surface area contributed by atoms with Crippen molar-refractivity contribution in [2.45, 2.75) is 12.7 Å². The zero-order valence-electron chi connectivity index (χ0n) is 18.3. The van der Waals surface area contributed by atoms with Gasteiger partial charge in [-0.2, -0.15) is 5.26 Å².